The van der Waals surface area contributed by atoms with Gasteiger partial charge < -0.3 is 8.92 Å². The van der Waals surface area contributed by atoms with Gasteiger partial charge in [0.1, 0.15) is 0 Å². The van der Waals surface area contributed by atoms with Crippen LogP contribution in [-0.4, -0.2) is 32.0 Å². The minimum atomic E-state index is -5.97. The highest BCUT2D eigenvalue weighted by molar-refractivity contribution is 7.88. The van der Waals surface area contributed by atoms with Crippen LogP contribution in [0.3, 0.4) is 0 Å². The summed E-state index contributed by atoms with van der Waals surface area (Å²) in [7, 11) is -4.95. The van der Waals surface area contributed by atoms with Crippen molar-refractivity contribution >= 4 is 48.4 Å². The van der Waals surface area contributed by atoms with E-state index in [1.165, 1.54) is 6.07 Å². The van der Waals surface area contributed by atoms with Crippen LogP contribution < -0.4 is 4.18 Å². The smallest absolute Gasteiger partial charge is 0.465 e. The largest absolute Gasteiger partial charge is 0.534 e. The lowest BCUT2D eigenvalue weighted by Crippen LogP contribution is -2.28. The molecule has 11 heteroatoms. The van der Waals surface area contributed by atoms with Crippen LogP contribution in [0.4, 0.5) is 13.2 Å². The fraction of sp³-hybridized carbons (Fsp3) is 0.200. The number of hydrogen-bond donors (Lipinski definition) is 0. The zero-order chi connectivity index (χ0) is 19.3. The van der Waals surface area contributed by atoms with Crippen molar-refractivity contribution in [3.05, 3.63) is 34.8 Å². The molecule has 3 aromatic rings. The summed E-state index contributed by atoms with van der Waals surface area (Å²) in [5.41, 5.74) is -4.57. The van der Waals surface area contributed by atoms with Crippen molar-refractivity contribution < 1.29 is 35.3 Å². The first-order chi connectivity index (χ1) is 12.0. The summed E-state index contributed by atoms with van der Waals surface area (Å²) < 4.78 is 70.6. The summed E-state index contributed by atoms with van der Waals surface area (Å²) >= 11 is 0.768. The lowest BCUT2D eigenvalue weighted by Gasteiger charge is -2.11. The molecule has 0 bridgehead atoms. The Labute approximate surface area is 149 Å². The molecule has 2 aromatic heterocycles. The van der Waals surface area contributed by atoms with Crippen LogP contribution in [0.5, 0.6) is 5.75 Å². The van der Waals surface area contributed by atoms with Crippen LogP contribution in [0.2, 0.25) is 0 Å². The highest BCUT2D eigenvalue weighted by Gasteiger charge is 2.49. The van der Waals surface area contributed by atoms with Gasteiger partial charge in [0, 0.05) is 21.2 Å². The highest BCUT2D eigenvalue weighted by atomic mass is 32.2. The van der Waals surface area contributed by atoms with E-state index in [0.29, 0.717) is 21.3 Å². The first-order valence-corrected chi connectivity index (χ1v) is 9.19. The number of ether oxygens (including phenoxy) is 1. The quantitative estimate of drug-likeness (QED) is 0.375. The molecule has 138 valence electrons. The number of aryl methyl sites for hydroxylation is 1. The van der Waals surface area contributed by atoms with E-state index >= 15 is 0 Å². The predicted octanol–water partition coefficient (Wildman–Crippen LogP) is 3.77. The average molecular weight is 405 g/mol. The SMILES string of the molecule is COC(=O)c1sc2ccc3nc(C)ccc3c2c1OS(=O)(=O)C(F)(F)F. The number of methoxy groups -OCH3 is 1. The standard InChI is InChI=1S/C15H10F3NO5S2/c1-7-3-4-8-9(19-7)5-6-10-11(8)12(13(25-10)14(20)23-2)24-26(21,22)15(16,17)18/h3-6H,1-2H3. The van der Waals surface area contributed by atoms with Gasteiger partial charge in [-0.05, 0) is 25.1 Å². The second-order valence-electron chi connectivity index (χ2n) is 5.19. The number of hydrogen-bond acceptors (Lipinski definition) is 7. The van der Waals surface area contributed by atoms with Crippen LogP contribution in [0.25, 0.3) is 21.0 Å². The number of carbonyl (C=O) groups excluding carboxylic acids is 1. The molecule has 0 saturated carbocycles. The molecule has 0 fully saturated rings. The Hall–Kier alpha value is -2.40. The van der Waals surface area contributed by atoms with Gasteiger partial charge in [-0.2, -0.15) is 21.6 Å². The minimum absolute atomic E-state index is 0.0493. The Balaban J connectivity index is 2.38. The Morgan fingerprint density at radius 3 is 2.50 bits per heavy atom. The van der Waals surface area contributed by atoms with Crippen molar-refractivity contribution in [3.8, 4) is 5.75 Å². The molecule has 0 spiro atoms. The number of nitrogens with zero attached hydrogens (tertiary/aromatic N) is 1. The van der Waals surface area contributed by atoms with E-state index in [1.54, 1.807) is 25.1 Å². The molecule has 2 heterocycles. The summed E-state index contributed by atoms with van der Waals surface area (Å²) in [6.07, 6.45) is 0. The molecule has 0 aliphatic rings. The van der Waals surface area contributed by atoms with Crippen molar-refractivity contribution in [3.63, 3.8) is 0 Å². The van der Waals surface area contributed by atoms with Crippen LogP contribution in [0.1, 0.15) is 15.4 Å². The summed E-state index contributed by atoms with van der Waals surface area (Å²) in [6.45, 7) is 1.72. The fourth-order valence-electron chi connectivity index (χ4n) is 2.34. The third-order valence-corrected chi connectivity index (χ3v) is 5.53. The fourth-order valence-corrected chi connectivity index (χ4v) is 3.94. The third kappa shape index (κ3) is 2.97. The summed E-state index contributed by atoms with van der Waals surface area (Å²) in [5, 5.41) is 0.403. The van der Waals surface area contributed by atoms with Gasteiger partial charge in [0.05, 0.1) is 12.6 Å². The number of halogens is 3. The number of benzene rings is 1. The molecule has 1 aromatic carbocycles. The van der Waals surface area contributed by atoms with Crippen molar-refractivity contribution in [2.45, 2.75) is 12.4 Å². The Morgan fingerprint density at radius 2 is 1.88 bits per heavy atom. The van der Waals surface area contributed by atoms with Gasteiger partial charge in [-0.25, -0.2) is 4.79 Å². The number of alkyl halides is 3. The normalized spacial score (nSPS) is 12.5. The van der Waals surface area contributed by atoms with E-state index in [0.717, 1.165) is 18.4 Å². The monoisotopic (exact) mass is 405 g/mol. The van der Waals surface area contributed by atoms with Crippen LogP contribution >= 0.6 is 11.3 Å². The van der Waals surface area contributed by atoms with E-state index in [4.69, 9.17) is 0 Å². The predicted molar refractivity (Wildman–Crippen MR) is 88.8 cm³/mol. The summed E-state index contributed by atoms with van der Waals surface area (Å²) in [4.78, 5) is 15.8. The maximum absolute atomic E-state index is 12.8. The molecule has 0 atom stereocenters. The Kier molecular flexibility index (Phi) is 4.31. The Morgan fingerprint density at radius 1 is 1.19 bits per heavy atom. The van der Waals surface area contributed by atoms with Gasteiger partial charge in [-0.3, -0.25) is 4.98 Å². The number of esters is 1. The number of thiophene rings is 1. The number of carbonyl (C=O) groups is 1. The van der Waals surface area contributed by atoms with Gasteiger partial charge in [0.25, 0.3) is 0 Å². The first-order valence-electron chi connectivity index (χ1n) is 6.97. The molecule has 6 nitrogen and oxygen atoms in total. The zero-order valence-electron chi connectivity index (χ0n) is 13.2. The molecule has 0 aliphatic heterocycles. The highest BCUT2D eigenvalue weighted by Crippen LogP contribution is 2.44. The van der Waals surface area contributed by atoms with Crippen molar-refractivity contribution in [2.75, 3.05) is 7.11 Å². The molecular formula is C15H10F3NO5S2. The van der Waals surface area contributed by atoms with Crippen LogP contribution in [-0.2, 0) is 14.9 Å². The first kappa shape index (κ1) is 18.4. The maximum atomic E-state index is 12.8. The maximum Gasteiger partial charge on any atom is 0.534 e. The Bertz CT molecular complexity index is 1140. The molecule has 0 saturated heterocycles. The number of fused-ring (bicyclic) bond motifs is 3. The van der Waals surface area contributed by atoms with E-state index in [1.807, 2.05) is 0 Å². The van der Waals surface area contributed by atoms with Gasteiger partial charge in [0.2, 0.25) is 0 Å². The van der Waals surface area contributed by atoms with Gasteiger partial charge in [0.15, 0.2) is 10.6 Å². The molecule has 0 radical (unpaired) electrons. The molecule has 0 aliphatic carbocycles. The second-order valence-corrected chi connectivity index (χ2v) is 7.78. The lowest BCUT2D eigenvalue weighted by molar-refractivity contribution is -0.0499. The molecule has 26 heavy (non-hydrogen) atoms. The van der Waals surface area contributed by atoms with Crippen molar-refractivity contribution in [1.29, 1.82) is 0 Å². The second kappa shape index (κ2) is 6.09. The van der Waals surface area contributed by atoms with Crippen LogP contribution in [0, 0.1) is 6.92 Å². The molecule has 0 unspecified atom stereocenters. The number of pyridine rings is 1. The summed E-state index contributed by atoms with van der Waals surface area (Å²) in [5.74, 6) is -1.72. The van der Waals surface area contributed by atoms with Gasteiger partial charge in [-0.15, -0.1) is 11.3 Å². The average Bonchev–Trinajstić information content (AvgIpc) is 2.91. The third-order valence-electron chi connectivity index (χ3n) is 3.46. The van der Waals surface area contributed by atoms with Gasteiger partial charge in [-0.1, -0.05) is 6.07 Å². The lowest BCUT2D eigenvalue weighted by atomic mass is 10.1. The van der Waals surface area contributed by atoms with E-state index in [2.05, 4.69) is 13.9 Å². The van der Waals surface area contributed by atoms with Crippen molar-refractivity contribution in [1.82, 2.24) is 4.98 Å². The zero-order valence-corrected chi connectivity index (χ0v) is 14.9. The number of rotatable bonds is 3. The van der Waals surface area contributed by atoms with Gasteiger partial charge >= 0.3 is 21.6 Å². The molecule has 0 N–H and O–H groups in total. The van der Waals surface area contributed by atoms with Crippen LogP contribution in [0.15, 0.2) is 24.3 Å². The molecule has 0 amide bonds. The molecular weight excluding hydrogens is 395 g/mol. The summed E-state index contributed by atoms with van der Waals surface area (Å²) in [6, 6.07) is 6.32. The molecule has 3 rings (SSSR count). The van der Waals surface area contributed by atoms with E-state index in [-0.39, 0.29) is 10.3 Å². The topological polar surface area (TPSA) is 82.6 Å². The van der Waals surface area contributed by atoms with Crippen molar-refractivity contribution in [2.24, 2.45) is 0 Å². The number of aromatic nitrogens is 1. The van der Waals surface area contributed by atoms with E-state index < -0.39 is 27.3 Å². The van der Waals surface area contributed by atoms with E-state index in [9.17, 15) is 26.4 Å². The minimum Gasteiger partial charge on any atom is -0.465 e.